The average molecular weight is 261 g/mol. The smallest absolute Gasteiger partial charge is 0.124 e. The lowest BCUT2D eigenvalue weighted by molar-refractivity contribution is 0.405. The Morgan fingerprint density at radius 2 is 1.94 bits per heavy atom. The maximum atomic E-state index is 5.45. The minimum atomic E-state index is 0.193. The first-order valence-corrected chi connectivity index (χ1v) is 6.86. The van der Waals surface area contributed by atoms with E-state index < -0.39 is 0 Å². The van der Waals surface area contributed by atoms with Gasteiger partial charge in [0.1, 0.15) is 5.75 Å². The molecule has 0 aliphatic heterocycles. The summed E-state index contributed by atoms with van der Waals surface area (Å²) in [5, 5.41) is 3.38. The molecule has 2 rings (SSSR count). The second-order valence-electron chi connectivity index (χ2n) is 4.35. The third-order valence-corrected chi connectivity index (χ3v) is 4.43. The number of aryl methyl sites for hydroxylation is 2. The Kier molecular flexibility index (Phi) is 4.04. The fourth-order valence-electron chi connectivity index (χ4n) is 2.10. The molecular weight excluding hydrogens is 242 g/mol. The van der Waals surface area contributed by atoms with Crippen molar-refractivity contribution in [3.63, 3.8) is 0 Å². The molecular formula is C15H19NOS. The van der Waals surface area contributed by atoms with Crippen molar-refractivity contribution in [2.45, 2.75) is 19.9 Å². The van der Waals surface area contributed by atoms with E-state index in [1.807, 2.05) is 30.5 Å². The minimum absolute atomic E-state index is 0.193. The third kappa shape index (κ3) is 2.42. The van der Waals surface area contributed by atoms with Crippen LogP contribution in [0.3, 0.4) is 0 Å². The van der Waals surface area contributed by atoms with Crippen LogP contribution in [0.2, 0.25) is 0 Å². The third-order valence-electron chi connectivity index (χ3n) is 3.21. The largest absolute Gasteiger partial charge is 0.496 e. The summed E-state index contributed by atoms with van der Waals surface area (Å²) in [6.45, 7) is 4.32. The molecule has 1 aromatic carbocycles. The molecule has 0 aliphatic carbocycles. The van der Waals surface area contributed by atoms with Crippen molar-refractivity contribution in [2.24, 2.45) is 0 Å². The van der Waals surface area contributed by atoms with Gasteiger partial charge in [0, 0.05) is 15.3 Å². The van der Waals surface area contributed by atoms with Gasteiger partial charge in [-0.1, -0.05) is 18.2 Å². The van der Waals surface area contributed by atoms with Gasteiger partial charge in [-0.2, -0.15) is 0 Å². The summed E-state index contributed by atoms with van der Waals surface area (Å²) in [7, 11) is 3.71. The zero-order valence-electron chi connectivity index (χ0n) is 11.3. The van der Waals surface area contributed by atoms with Crippen molar-refractivity contribution in [1.82, 2.24) is 5.32 Å². The van der Waals surface area contributed by atoms with Crippen LogP contribution in [0.25, 0.3) is 0 Å². The Bertz CT molecular complexity index is 514. The molecule has 96 valence electrons. The Hall–Kier alpha value is -1.32. The highest BCUT2D eigenvalue weighted by atomic mass is 32.1. The number of ether oxygens (including phenoxy) is 1. The number of nitrogens with one attached hydrogen (secondary N) is 1. The summed E-state index contributed by atoms with van der Waals surface area (Å²) in [6, 6.07) is 10.6. The van der Waals surface area contributed by atoms with E-state index in [-0.39, 0.29) is 6.04 Å². The van der Waals surface area contributed by atoms with Gasteiger partial charge in [0.15, 0.2) is 0 Å². The molecule has 3 heteroatoms. The molecule has 0 amide bonds. The molecule has 0 bridgehead atoms. The minimum Gasteiger partial charge on any atom is -0.496 e. The zero-order chi connectivity index (χ0) is 13.1. The first-order valence-electron chi connectivity index (χ1n) is 6.04. The van der Waals surface area contributed by atoms with Crippen LogP contribution in [0.1, 0.15) is 26.9 Å². The predicted octanol–water partition coefficient (Wildman–Crippen LogP) is 3.68. The number of rotatable bonds is 4. The monoisotopic (exact) mass is 261 g/mol. The van der Waals surface area contributed by atoms with Crippen molar-refractivity contribution >= 4 is 11.3 Å². The molecule has 2 nitrogen and oxygen atoms in total. The van der Waals surface area contributed by atoms with Crippen LogP contribution in [0.5, 0.6) is 5.75 Å². The van der Waals surface area contributed by atoms with Crippen LogP contribution in [0.15, 0.2) is 30.3 Å². The molecule has 18 heavy (non-hydrogen) atoms. The van der Waals surface area contributed by atoms with Crippen LogP contribution in [-0.4, -0.2) is 14.2 Å². The number of hydrogen-bond acceptors (Lipinski definition) is 3. The van der Waals surface area contributed by atoms with Gasteiger partial charge in [-0.25, -0.2) is 0 Å². The van der Waals surface area contributed by atoms with Crippen LogP contribution < -0.4 is 10.1 Å². The highest BCUT2D eigenvalue weighted by Crippen LogP contribution is 2.34. The molecule has 1 heterocycles. The zero-order valence-corrected chi connectivity index (χ0v) is 12.1. The van der Waals surface area contributed by atoms with Crippen LogP contribution in [0, 0.1) is 13.8 Å². The molecule has 1 atom stereocenters. The first kappa shape index (κ1) is 13.1. The summed E-state index contributed by atoms with van der Waals surface area (Å²) in [5.74, 6) is 0.931. The van der Waals surface area contributed by atoms with Crippen LogP contribution >= 0.6 is 11.3 Å². The van der Waals surface area contributed by atoms with Gasteiger partial charge in [-0.05, 0) is 38.6 Å². The highest BCUT2D eigenvalue weighted by Gasteiger charge is 2.18. The summed E-state index contributed by atoms with van der Waals surface area (Å²) < 4.78 is 5.45. The second kappa shape index (κ2) is 5.55. The number of benzene rings is 1. The summed E-state index contributed by atoms with van der Waals surface area (Å²) >= 11 is 1.84. The fraction of sp³-hybridized carbons (Fsp3) is 0.333. The molecule has 0 spiro atoms. The van der Waals surface area contributed by atoms with E-state index in [1.54, 1.807) is 7.11 Å². The first-order chi connectivity index (χ1) is 8.67. The maximum absolute atomic E-state index is 5.45. The lowest BCUT2D eigenvalue weighted by Crippen LogP contribution is -2.17. The molecule has 1 unspecified atom stereocenters. The Morgan fingerprint density at radius 1 is 1.22 bits per heavy atom. The van der Waals surface area contributed by atoms with Crippen molar-refractivity contribution in [2.75, 3.05) is 14.2 Å². The topological polar surface area (TPSA) is 21.3 Å². The Labute approximate surface area is 113 Å². The van der Waals surface area contributed by atoms with Gasteiger partial charge in [0.25, 0.3) is 0 Å². The molecule has 0 radical (unpaired) electrons. The Balaban J connectivity index is 2.45. The van der Waals surface area contributed by atoms with E-state index in [0.29, 0.717) is 0 Å². The summed E-state index contributed by atoms with van der Waals surface area (Å²) in [5.41, 5.74) is 2.54. The quantitative estimate of drug-likeness (QED) is 0.906. The lowest BCUT2D eigenvalue weighted by atomic mass is 10.0. The number of hydrogen-bond donors (Lipinski definition) is 1. The van der Waals surface area contributed by atoms with Gasteiger partial charge < -0.3 is 10.1 Å². The summed E-state index contributed by atoms with van der Waals surface area (Å²) in [4.78, 5) is 2.71. The van der Waals surface area contributed by atoms with E-state index in [1.165, 1.54) is 20.9 Å². The van der Waals surface area contributed by atoms with Crippen LogP contribution in [-0.2, 0) is 0 Å². The van der Waals surface area contributed by atoms with Crippen LogP contribution in [0.4, 0.5) is 0 Å². The molecule has 0 fully saturated rings. The van der Waals surface area contributed by atoms with E-state index in [4.69, 9.17) is 4.74 Å². The lowest BCUT2D eigenvalue weighted by Gasteiger charge is -2.18. The van der Waals surface area contributed by atoms with E-state index in [2.05, 4.69) is 37.4 Å². The molecule has 1 N–H and O–H groups in total. The molecule has 0 aliphatic rings. The van der Waals surface area contributed by atoms with E-state index in [9.17, 15) is 0 Å². The molecule has 0 saturated heterocycles. The number of para-hydroxylation sites is 1. The van der Waals surface area contributed by atoms with Gasteiger partial charge >= 0.3 is 0 Å². The fourth-order valence-corrected chi connectivity index (χ4v) is 3.27. The van der Waals surface area contributed by atoms with Gasteiger partial charge in [0.2, 0.25) is 0 Å². The van der Waals surface area contributed by atoms with Gasteiger partial charge in [0.05, 0.1) is 13.2 Å². The van der Waals surface area contributed by atoms with E-state index in [0.717, 1.165) is 5.75 Å². The molecule has 0 saturated carbocycles. The van der Waals surface area contributed by atoms with Gasteiger partial charge in [-0.3, -0.25) is 0 Å². The molecule has 1 aromatic heterocycles. The van der Waals surface area contributed by atoms with E-state index >= 15 is 0 Å². The highest BCUT2D eigenvalue weighted by molar-refractivity contribution is 7.12. The predicted molar refractivity (Wildman–Crippen MR) is 77.7 cm³/mol. The summed E-state index contributed by atoms with van der Waals surface area (Å²) in [6.07, 6.45) is 0. The normalized spacial score (nSPS) is 12.4. The maximum Gasteiger partial charge on any atom is 0.124 e. The van der Waals surface area contributed by atoms with Crippen molar-refractivity contribution in [3.8, 4) is 5.75 Å². The second-order valence-corrected chi connectivity index (χ2v) is 5.64. The number of thiophene rings is 1. The molecule has 2 aromatic rings. The Morgan fingerprint density at radius 3 is 2.50 bits per heavy atom. The average Bonchev–Trinajstić information content (AvgIpc) is 2.71. The van der Waals surface area contributed by atoms with Crippen molar-refractivity contribution in [1.29, 1.82) is 0 Å². The van der Waals surface area contributed by atoms with Crippen molar-refractivity contribution < 1.29 is 4.74 Å². The SMILES string of the molecule is CNC(c1cc(C)c(C)s1)c1ccccc1OC. The van der Waals surface area contributed by atoms with Crippen molar-refractivity contribution in [3.05, 3.63) is 51.2 Å². The van der Waals surface area contributed by atoms with Gasteiger partial charge in [-0.15, -0.1) is 11.3 Å². The standard InChI is InChI=1S/C15H19NOS/c1-10-9-14(18-11(10)2)15(16-3)12-7-5-6-8-13(12)17-4/h5-9,15-16H,1-4H3. The number of methoxy groups -OCH3 is 1.